The molecule has 214 valence electrons. The molecular formula is C34H36ClNO4S. The van der Waals surface area contributed by atoms with Gasteiger partial charge in [-0.3, -0.25) is 4.79 Å². The van der Waals surface area contributed by atoms with Gasteiger partial charge in [-0.25, -0.2) is 4.98 Å². The Morgan fingerprint density at radius 1 is 1.17 bits per heavy atom. The largest absolute Gasteiger partial charge is 0.469 e. The fraction of sp³-hybridized carbons (Fsp3) is 0.353. The van der Waals surface area contributed by atoms with Gasteiger partial charge >= 0.3 is 5.97 Å². The molecule has 2 aromatic carbocycles. The van der Waals surface area contributed by atoms with Crippen molar-refractivity contribution in [2.75, 3.05) is 12.9 Å². The Kier molecular flexibility index (Phi) is 8.93. The number of esters is 1. The van der Waals surface area contributed by atoms with Gasteiger partial charge in [0, 0.05) is 11.0 Å². The SMILES string of the molecule is COC(=O)CC1(CSC(CCc2ccccc2C(C)(C)O)c2cccc(C=Cc3ccc4occ(Cl)c4n3)c2)CC1. The minimum absolute atomic E-state index is 0.0389. The minimum atomic E-state index is -0.903. The Hall–Kier alpha value is -3.06. The molecule has 1 unspecified atom stereocenters. The zero-order chi connectivity index (χ0) is 29.0. The van der Waals surface area contributed by atoms with Crippen LogP contribution in [0.15, 0.2) is 71.3 Å². The van der Waals surface area contributed by atoms with Gasteiger partial charge in [0.05, 0.1) is 24.8 Å². The van der Waals surface area contributed by atoms with Crippen LogP contribution in [0.4, 0.5) is 0 Å². The van der Waals surface area contributed by atoms with E-state index in [1.165, 1.54) is 18.9 Å². The second kappa shape index (κ2) is 12.4. The van der Waals surface area contributed by atoms with Crippen molar-refractivity contribution in [2.45, 2.75) is 56.8 Å². The first-order chi connectivity index (χ1) is 19.7. The summed E-state index contributed by atoms with van der Waals surface area (Å²) in [4.78, 5) is 16.7. The average molecular weight is 590 g/mol. The summed E-state index contributed by atoms with van der Waals surface area (Å²) in [5.74, 6) is 0.782. The first-order valence-electron chi connectivity index (χ1n) is 14.0. The molecule has 0 aliphatic heterocycles. The lowest BCUT2D eigenvalue weighted by Crippen LogP contribution is -2.18. The molecule has 0 spiro atoms. The number of hydrogen-bond acceptors (Lipinski definition) is 6. The monoisotopic (exact) mass is 589 g/mol. The van der Waals surface area contributed by atoms with Gasteiger partial charge in [-0.15, -0.1) is 0 Å². The number of methoxy groups -OCH3 is 1. The number of thioether (sulfide) groups is 1. The highest BCUT2D eigenvalue weighted by atomic mass is 35.5. The zero-order valence-corrected chi connectivity index (χ0v) is 25.3. The number of carbonyl (C=O) groups is 1. The Morgan fingerprint density at radius 3 is 2.73 bits per heavy atom. The molecule has 0 radical (unpaired) electrons. The molecule has 1 atom stereocenters. The summed E-state index contributed by atoms with van der Waals surface area (Å²) < 4.78 is 10.4. The van der Waals surface area contributed by atoms with E-state index in [-0.39, 0.29) is 16.6 Å². The maximum absolute atomic E-state index is 12.1. The van der Waals surface area contributed by atoms with Gasteiger partial charge < -0.3 is 14.3 Å². The fourth-order valence-electron chi connectivity index (χ4n) is 5.21. The van der Waals surface area contributed by atoms with Crippen LogP contribution >= 0.6 is 23.4 Å². The zero-order valence-electron chi connectivity index (χ0n) is 23.7. The Balaban J connectivity index is 1.37. The quantitative estimate of drug-likeness (QED) is 0.167. The topological polar surface area (TPSA) is 72.6 Å². The van der Waals surface area contributed by atoms with Crippen molar-refractivity contribution in [3.63, 3.8) is 0 Å². The third kappa shape index (κ3) is 7.42. The van der Waals surface area contributed by atoms with Crippen molar-refractivity contribution in [2.24, 2.45) is 5.41 Å². The molecule has 2 heterocycles. The van der Waals surface area contributed by atoms with Crippen molar-refractivity contribution < 1.29 is 19.1 Å². The van der Waals surface area contributed by atoms with Crippen molar-refractivity contribution >= 4 is 52.6 Å². The van der Waals surface area contributed by atoms with Gasteiger partial charge in [-0.05, 0) is 85.4 Å². The van der Waals surface area contributed by atoms with E-state index in [4.69, 9.17) is 20.8 Å². The fourth-order valence-corrected chi connectivity index (χ4v) is 6.96. The predicted molar refractivity (Wildman–Crippen MR) is 168 cm³/mol. The van der Waals surface area contributed by atoms with E-state index in [2.05, 4.69) is 41.4 Å². The minimum Gasteiger partial charge on any atom is -0.469 e. The number of halogens is 1. The highest BCUT2D eigenvalue weighted by Gasteiger charge is 2.45. The first-order valence-corrected chi connectivity index (χ1v) is 15.4. The van der Waals surface area contributed by atoms with Gasteiger partial charge in [0.2, 0.25) is 0 Å². The van der Waals surface area contributed by atoms with E-state index in [0.717, 1.165) is 53.8 Å². The third-order valence-electron chi connectivity index (χ3n) is 7.77. The van der Waals surface area contributed by atoms with Crippen LogP contribution < -0.4 is 0 Å². The highest BCUT2D eigenvalue weighted by molar-refractivity contribution is 7.99. The van der Waals surface area contributed by atoms with Gasteiger partial charge in [0.15, 0.2) is 5.58 Å². The Labute approximate surface area is 251 Å². The number of benzene rings is 2. The van der Waals surface area contributed by atoms with Crippen molar-refractivity contribution in [3.05, 3.63) is 99.9 Å². The lowest BCUT2D eigenvalue weighted by molar-refractivity contribution is -0.141. The number of fused-ring (bicyclic) bond motifs is 1. The smallest absolute Gasteiger partial charge is 0.306 e. The van der Waals surface area contributed by atoms with E-state index in [1.807, 2.05) is 62.0 Å². The summed E-state index contributed by atoms with van der Waals surface area (Å²) in [6.45, 7) is 3.68. The van der Waals surface area contributed by atoms with E-state index in [0.29, 0.717) is 22.5 Å². The summed E-state index contributed by atoms with van der Waals surface area (Å²) in [5.41, 5.74) is 5.72. The van der Waals surface area contributed by atoms with E-state index >= 15 is 0 Å². The molecule has 5 nitrogen and oxygen atoms in total. The standard InChI is InChI=1S/C34H36ClNO4S/c1-33(2,38)27-10-5-4-8-24(27)12-16-30(41-22-34(17-18-34)20-31(37)39-3)25-9-6-7-23(19-25)11-13-26-14-15-29-32(36-26)28(35)21-40-29/h4-11,13-15,19,21,30,38H,12,16-18,20,22H2,1-3H3. The van der Waals surface area contributed by atoms with Gasteiger partial charge in [0.25, 0.3) is 0 Å². The highest BCUT2D eigenvalue weighted by Crippen LogP contribution is 2.53. The van der Waals surface area contributed by atoms with Crippen LogP contribution in [0.2, 0.25) is 5.02 Å². The van der Waals surface area contributed by atoms with Crippen LogP contribution in [0.5, 0.6) is 0 Å². The average Bonchev–Trinajstić information content (AvgIpc) is 3.63. The van der Waals surface area contributed by atoms with Crippen LogP contribution in [0, 0.1) is 5.41 Å². The molecule has 1 fully saturated rings. The Bertz CT molecular complexity index is 1550. The molecule has 0 saturated heterocycles. The summed E-state index contributed by atoms with van der Waals surface area (Å²) in [5, 5.41) is 11.5. The van der Waals surface area contributed by atoms with E-state index in [1.54, 1.807) is 0 Å². The Morgan fingerprint density at radius 2 is 1.98 bits per heavy atom. The van der Waals surface area contributed by atoms with Gasteiger partial charge in [-0.2, -0.15) is 11.8 Å². The van der Waals surface area contributed by atoms with Crippen molar-refractivity contribution in [1.29, 1.82) is 0 Å². The molecule has 0 amide bonds. The molecule has 0 bridgehead atoms. The number of aromatic nitrogens is 1. The molecular weight excluding hydrogens is 554 g/mol. The lowest BCUT2D eigenvalue weighted by Gasteiger charge is -2.24. The predicted octanol–water partition coefficient (Wildman–Crippen LogP) is 8.63. The maximum atomic E-state index is 12.1. The number of aliphatic hydroxyl groups is 1. The third-order valence-corrected chi connectivity index (χ3v) is 9.73. The summed E-state index contributed by atoms with van der Waals surface area (Å²) in [6.07, 6.45) is 9.91. The number of aryl methyl sites for hydroxylation is 1. The number of carbonyl (C=O) groups excluding carboxylic acids is 1. The molecule has 1 aliphatic rings. The summed E-state index contributed by atoms with van der Waals surface area (Å²) in [6, 6.07) is 20.6. The molecule has 1 N–H and O–H groups in total. The van der Waals surface area contributed by atoms with Crippen LogP contribution in [0.25, 0.3) is 23.3 Å². The van der Waals surface area contributed by atoms with Crippen LogP contribution in [0.3, 0.4) is 0 Å². The summed E-state index contributed by atoms with van der Waals surface area (Å²) >= 11 is 8.13. The van der Waals surface area contributed by atoms with Crippen LogP contribution in [-0.4, -0.2) is 28.9 Å². The number of nitrogens with zero attached hydrogens (tertiary/aromatic N) is 1. The summed E-state index contributed by atoms with van der Waals surface area (Å²) in [7, 11) is 1.46. The van der Waals surface area contributed by atoms with Gasteiger partial charge in [-0.1, -0.05) is 66.2 Å². The molecule has 5 rings (SSSR count). The van der Waals surface area contributed by atoms with E-state index < -0.39 is 5.60 Å². The van der Waals surface area contributed by atoms with Gasteiger partial charge in [0.1, 0.15) is 16.8 Å². The van der Waals surface area contributed by atoms with Crippen molar-refractivity contribution in [1.82, 2.24) is 4.98 Å². The van der Waals surface area contributed by atoms with Crippen LogP contribution in [0.1, 0.15) is 72.7 Å². The van der Waals surface area contributed by atoms with Crippen LogP contribution in [-0.2, 0) is 21.6 Å². The molecule has 1 saturated carbocycles. The molecule has 2 aromatic heterocycles. The van der Waals surface area contributed by atoms with E-state index in [9.17, 15) is 9.90 Å². The molecule has 7 heteroatoms. The number of rotatable bonds is 12. The first kappa shape index (κ1) is 29.4. The van der Waals surface area contributed by atoms with Crippen molar-refractivity contribution in [3.8, 4) is 0 Å². The number of hydrogen-bond donors (Lipinski definition) is 1. The number of furan rings is 1. The number of ether oxygens (including phenoxy) is 1. The molecule has 41 heavy (non-hydrogen) atoms. The normalized spacial score (nSPS) is 15.3. The number of pyridine rings is 1. The molecule has 4 aromatic rings. The second-order valence-electron chi connectivity index (χ2n) is 11.5. The lowest BCUT2D eigenvalue weighted by atomic mass is 9.90. The maximum Gasteiger partial charge on any atom is 0.306 e. The second-order valence-corrected chi connectivity index (χ2v) is 13.1. The molecule has 1 aliphatic carbocycles.